The molecule has 1 aliphatic heterocycles. The number of benzene rings is 1. The molecule has 3 rings (SSSR count). The maximum Gasteiger partial charge on any atom is 0.0369 e. The highest BCUT2D eigenvalue weighted by Gasteiger charge is 2.31. The Hall–Kier alpha value is -1.06. The van der Waals surface area contributed by atoms with Crippen LogP contribution in [-0.2, 0) is 6.42 Å². The molecule has 0 bridgehead atoms. The summed E-state index contributed by atoms with van der Waals surface area (Å²) in [5.41, 5.74) is 10.1. The fraction of sp³-hybridized carbons (Fsp3) is 0.647. The molecule has 0 aromatic heterocycles. The van der Waals surface area contributed by atoms with E-state index in [2.05, 4.69) is 41.8 Å². The van der Waals surface area contributed by atoms with Crippen molar-refractivity contribution in [1.82, 2.24) is 4.90 Å². The van der Waals surface area contributed by atoms with Gasteiger partial charge in [-0.1, -0.05) is 6.07 Å². The van der Waals surface area contributed by atoms with Crippen molar-refractivity contribution < 1.29 is 0 Å². The second-order valence-electron chi connectivity index (χ2n) is 6.55. The van der Waals surface area contributed by atoms with Gasteiger partial charge < -0.3 is 10.6 Å². The van der Waals surface area contributed by atoms with Crippen LogP contribution >= 0.6 is 0 Å². The van der Waals surface area contributed by atoms with Crippen LogP contribution in [-0.4, -0.2) is 43.2 Å². The molecule has 1 aromatic rings. The highest BCUT2D eigenvalue weighted by atomic mass is 15.3. The van der Waals surface area contributed by atoms with Gasteiger partial charge in [-0.2, -0.15) is 0 Å². The first-order valence-corrected chi connectivity index (χ1v) is 7.97. The number of hydrogen-bond acceptors (Lipinski definition) is 3. The monoisotopic (exact) mass is 273 g/mol. The van der Waals surface area contributed by atoms with E-state index < -0.39 is 0 Å². The van der Waals surface area contributed by atoms with Gasteiger partial charge in [0.1, 0.15) is 0 Å². The van der Waals surface area contributed by atoms with Crippen molar-refractivity contribution >= 4 is 5.69 Å². The van der Waals surface area contributed by atoms with Crippen molar-refractivity contribution in [3.05, 3.63) is 29.3 Å². The van der Waals surface area contributed by atoms with E-state index in [0.717, 1.165) is 12.5 Å². The predicted octanol–water partition coefficient (Wildman–Crippen LogP) is 2.17. The number of hydrogen-bond donors (Lipinski definition) is 1. The van der Waals surface area contributed by atoms with Crippen LogP contribution in [0.2, 0.25) is 0 Å². The standard InChI is InChI=1S/C17H27N3/c1-13-11-17(4-3-15(13)12-14(2)18)20-9-7-19(8-10-20)16-5-6-16/h3-4,11,14,16H,5-10,12,18H2,1-2H3. The predicted molar refractivity (Wildman–Crippen MR) is 85.3 cm³/mol. The summed E-state index contributed by atoms with van der Waals surface area (Å²) in [6, 6.07) is 8.03. The lowest BCUT2D eigenvalue weighted by atomic mass is 10.0. The van der Waals surface area contributed by atoms with Gasteiger partial charge in [0.05, 0.1) is 0 Å². The average Bonchev–Trinajstić information content (AvgIpc) is 3.25. The Morgan fingerprint density at radius 2 is 1.90 bits per heavy atom. The van der Waals surface area contributed by atoms with Crippen LogP contribution in [0.15, 0.2) is 18.2 Å². The normalized spacial score (nSPS) is 22.1. The van der Waals surface area contributed by atoms with E-state index in [1.165, 1.54) is 55.8 Å². The minimum absolute atomic E-state index is 0.238. The fourth-order valence-corrected chi connectivity index (χ4v) is 3.24. The largest absolute Gasteiger partial charge is 0.369 e. The summed E-state index contributed by atoms with van der Waals surface area (Å²) in [5.74, 6) is 0. The molecule has 2 N–H and O–H groups in total. The van der Waals surface area contributed by atoms with E-state index in [9.17, 15) is 0 Å². The Kier molecular flexibility index (Phi) is 3.99. The third-order valence-electron chi connectivity index (χ3n) is 4.61. The maximum absolute atomic E-state index is 5.91. The molecule has 1 saturated carbocycles. The van der Waals surface area contributed by atoms with Crippen LogP contribution in [0.1, 0.15) is 30.9 Å². The summed E-state index contributed by atoms with van der Waals surface area (Å²) < 4.78 is 0. The van der Waals surface area contributed by atoms with Gasteiger partial charge in [-0.05, 0) is 56.4 Å². The first kappa shape index (κ1) is 13.9. The van der Waals surface area contributed by atoms with Gasteiger partial charge in [-0.15, -0.1) is 0 Å². The van der Waals surface area contributed by atoms with E-state index >= 15 is 0 Å². The van der Waals surface area contributed by atoms with Crippen molar-refractivity contribution in [1.29, 1.82) is 0 Å². The molecule has 1 unspecified atom stereocenters. The number of nitrogens with two attached hydrogens (primary N) is 1. The Bertz CT molecular complexity index is 457. The van der Waals surface area contributed by atoms with Gasteiger partial charge in [0.2, 0.25) is 0 Å². The number of aryl methyl sites for hydroxylation is 1. The number of rotatable bonds is 4. The quantitative estimate of drug-likeness (QED) is 0.912. The Labute approximate surface area is 122 Å². The Balaban J connectivity index is 1.63. The molecule has 1 heterocycles. The molecule has 2 fully saturated rings. The summed E-state index contributed by atoms with van der Waals surface area (Å²) >= 11 is 0. The molecule has 1 saturated heterocycles. The van der Waals surface area contributed by atoms with Gasteiger partial charge >= 0.3 is 0 Å². The zero-order valence-electron chi connectivity index (χ0n) is 12.8. The molecule has 110 valence electrons. The molecule has 0 radical (unpaired) electrons. The van der Waals surface area contributed by atoms with Crippen LogP contribution in [0.3, 0.4) is 0 Å². The second kappa shape index (κ2) is 5.74. The SMILES string of the molecule is Cc1cc(N2CCN(C3CC3)CC2)ccc1CC(C)N. The van der Waals surface area contributed by atoms with Crippen molar-refractivity contribution in [3.63, 3.8) is 0 Å². The van der Waals surface area contributed by atoms with Crippen LogP contribution in [0.5, 0.6) is 0 Å². The minimum atomic E-state index is 0.238. The molecule has 3 nitrogen and oxygen atoms in total. The average molecular weight is 273 g/mol. The van der Waals surface area contributed by atoms with Crippen LogP contribution < -0.4 is 10.6 Å². The summed E-state index contributed by atoms with van der Waals surface area (Å²) in [7, 11) is 0. The van der Waals surface area contributed by atoms with Gasteiger partial charge in [-0.25, -0.2) is 0 Å². The third-order valence-corrected chi connectivity index (χ3v) is 4.61. The van der Waals surface area contributed by atoms with Gasteiger partial charge in [0.15, 0.2) is 0 Å². The van der Waals surface area contributed by atoms with E-state index in [1.807, 2.05) is 0 Å². The van der Waals surface area contributed by atoms with Crippen molar-refractivity contribution in [3.8, 4) is 0 Å². The third kappa shape index (κ3) is 3.15. The van der Waals surface area contributed by atoms with Crippen LogP contribution in [0.25, 0.3) is 0 Å². The molecule has 1 aliphatic carbocycles. The summed E-state index contributed by atoms with van der Waals surface area (Å²) in [4.78, 5) is 5.19. The number of anilines is 1. The van der Waals surface area contributed by atoms with Crippen molar-refractivity contribution in [2.24, 2.45) is 5.73 Å². The molecular weight excluding hydrogens is 246 g/mol. The van der Waals surface area contributed by atoms with Crippen LogP contribution in [0.4, 0.5) is 5.69 Å². The highest BCUT2D eigenvalue weighted by molar-refractivity contribution is 5.51. The number of nitrogens with zero attached hydrogens (tertiary/aromatic N) is 2. The maximum atomic E-state index is 5.91. The minimum Gasteiger partial charge on any atom is -0.369 e. The summed E-state index contributed by atoms with van der Waals surface area (Å²) in [6.45, 7) is 9.08. The Morgan fingerprint density at radius 1 is 1.20 bits per heavy atom. The Morgan fingerprint density at radius 3 is 2.45 bits per heavy atom. The molecular formula is C17H27N3. The topological polar surface area (TPSA) is 32.5 Å². The molecule has 1 atom stereocenters. The molecule has 0 spiro atoms. The van der Waals surface area contributed by atoms with E-state index in [0.29, 0.717) is 0 Å². The summed E-state index contributed by atoms with van der Waals surface area (Å²) in [5, 5.41) is 0. The fourth-order valence-electron chi connectivity index (χ4n) is 3.24. The zero-order chi connectivity index (χ0) is 14.1. The van der Waals surface area contributed by atoms with E-state index in [4.69, 9.17) is 5.73 Å². The van der Waals surface area contributed by atoms with Gasteiger partial charge in [0.25, 0.3) is 0 Å². The molecule has 2 aliphatic rings. The molecule has 3 heteroatoms. The zero-order valence-corrected chi connectivity index (χ0v) is 12.8. The highest BCUT2D eigenvalue weighted by Crippen LogP contribution is 2.29. The van der Waals surface area contributed by atoms with E-state index in [-0.39, 0.29) is 6.04 Å². The lowest BCUT2D eigenvalue weighted by Gasteiger charge is -2.36. The lowest BCUT2D eigenvalue weighted by molar-refractivity contribution is 0.248. The first-order chi connectivity index (χ1) is 9.63. The first-order valence-electron chi connectivity index (χ1n) is 7.97. The van der Waals surface area contributed by atoms with Crippen LogP contribution in [0, 0.1) is 6.92 Å². The van der Waals surface area contributed by atoms with Crippen molar-refractivity contribution in [2.45, 2.75) is 45.2 Å². The van der Waals surface area contributed by atoms with E-state index in [1.54, 1.807) is 0 Å². The number of piperazine rings is 1. The molecule has 1 aromatic carbocycles. The lowest BCUT2D eigenvalue weighted by Crippen LogP contribution is -2.47. The van der Waals surface area contributed by atoms with Gasteiger partial charge in [-0.3, -0.25) is 4.90 Å². The van der Waals surface area contributed by atoms with Gasteiger partial charge in [0, 0.05) is 44.0 Å². The molecule has 20 heavy (non-hydrogen) atoms. The van der Waals surface area contributed by atoms with Crippen molar-refractivity contribution in [2.75, 3.05) is 31.1 Å². The smallest absolute Gasteiger partial charge is 0.0369 e. The summed E-state index contributed by atoms with van der Waals surface area (Å²) in [6.07, 6.45) is 3.82. The molecule has 0 amide bonds. The second-order valence-corrected chi connectivity index (χ2v) is 6.55.